The first-order chi connectivity index (χ1) is 8.45. The summed E-state index contributed by atoms with van der Waals surface area (Å²) in [6.45, 7) is 7.38. The monoisotopic (exact) mass is 252 g/mol. The molecule has 0 heterocycles. The van der Waals surface area contributed by atoms with Crippen LogP contribution in [0.3, 0.4) is 0 Å². The maximum absolute atomic E-state index is 13.4. The molecule has 0 aliphatic carbocycles. The number of benzene rings is 1. The third kappa shape index (κ3) is 4.07. The second-order valence-corrected chi connectivity index (χ2v) is 5.41. The number of rotatable bonds is 6. The van der Waals surface area contributed by atoms with Crippen LogP contribution >= 0.6 is 0 Å². The van der Waals surface area contributed by atoms with Crippen LogP contribution in [-0.2, 0) is 0 Å². The van der Waals surface area contributed by atoms with Gasteiger partial charge in [0, 0.05) is 18.6 Å². The number of nitrogens with two attached hydrogens (primary N) is 1. The van der Waals surface area contributed by atoms with Crippen LogP contribution in [-0.4, -0.2) is 24.5 Å². The Morgan fingerprint density at radius 2 is 2.00 bits per heavy atom. The first-order valence-electron chi connectivity index (χ1n) is 6.67. The summed E-state index contributed by atoms with van der Waals surface area (Å²) in [5.74, 6) is 0.369. The molecule has 2 unspecified atom stereocenters. The molecule has 0 bridgehead atoms. The number of nitrogens with zero attached hydrogens (tertiary/aromatic N) is 1. The smallest absolute Gasteiger partial charge is 0.123 e. The van der Waals surface area contributed by atoms with Gasteiger partial charge in [-0.2, -0.15) is 0 Å². The van der Waals surface area contributed by atoms with Gasteiger partial charge >= 0.3 is 0 Å². The van der Waals surface area contributed by atoms with Crippen LogP contribution in [0.5, 0.6) is 0 Å². The van der Waals surface area contributed by atoms with E-state index in [1.54, 1.807) is 12.1 Å². The highest BCUT2D eigenvalue weighted by Gasteiger charge is 2.23. The van der Waals surface area contributed by atoms with Crippen LogP contribution in [0.25, 0.3) is 0 Å². The van der Waals surface area contributed by atoms with Crippen molar-refractivity contribution in [3.05, 3.63) is 35.6 Å². The quantitative estimate of drug-likeness (QED) is 0.842. The Bertz CT molecular complexity index is 365. The summed E-state index contributed by atoms with van der Waals surface area (Å²) in [7, 11) is 2.06. The van der Waals surface area contributed by atoms with E-state index in [1.807, 2.05) is 6.07 Å². The molecule has 0 saturated carbocycles. The summed E-state index contributed by atoms with van der Waals surface area (Å²) in [5, 5.41) is 0. The van der Waals surface area contributed by atoms with Crippen LogP contribution < -0.4 is 5.73 Å². The predicted molar refractivity (Wildman–Crippen MR) is 74.9 cm³/mol. The van der Waals surface area contributed by atoms with Gasteiger partial charge in [-0.1, -0.05) is 32.9 Å². The molecular weight excluding hydrogens is 227 g/mol. The number of hydrogen-bond donors (Lipinski definition) is 1. The minimum absolute atomic E-state index is 0.0237. The Morgan fingerprint density at radius 3 is 2.50 bits per heavy atom. The lowest BCUT2D eigenvalue weighted by Gasteiger charge is -2.33. The van der Waals surface area contributed by atoms with Gasteiger partial charge in [-0.3, -0.25) is 4.90 Å². The van der Waals surface area contributed by atoms with Crippen molar-refractivity contribution in [1.82, 2.24) is 4.90 Å². The molecule has 0 saturated heterocycles. The van der Waals surface area contributed by atoms with Gasteiger partial charge in [-0.05, 0) is 37.1 Å². The average molecular weight is 252 g/mol. The summed E-state index contributed by atoms with van der Waals surface area (Å²) in [6.07, 6.45) is 0.879. The zero-order chi connectivity index (χ0) is 13.7. The highest BCUT2D eigenvalue weighted by molar-refractivity contribution is 5.21. The van der Waals surface area contributed by atoms with Crippen molar-refractivity contribution >= 4 is 0 Å². The first kappa shape index (κ1) is 15.1. The topological polar surface area (TPSA) is 29.3 Å². The van der Waals surface area contributed by atoms with Gasteiger partial charge in [-0.25, -0.2) is 4.39 Å². The number of halogens is 1. The minimum atomic E-state index is -0.196. The molecule has 0 fully saturated rings. The maximum atomic E-state index is 13.4. The molecule has 1 rings (SSSR count). The Kier molecular flexibility index (Phi) is 5.76. The highest BCUT2D eigenvalue weighted by Crippen LogP contribution is 2.25. The second kappa shape index (κ2) is 6.86. The molecule has 1 aromatic carbocycles. The molecule has 0 radical (unpaired) electrons. The first-order valence-corrected chi connectivity index (χ1v) is 6.67. The molecular formula is C15H25FN2. The Morgan fingerprint density at radius 1 is 1.33 bits per heavy atom. The lowest BCUT2D eigenvalue weighted by Crippen LogP contribution is -2.40. The molecule has 0 spiro atoms. The highest BCUT2D eigenvalue weighted by atomic mass is 19.1. The summed E-state index contributed by atoms with van der Waals surface area (Å²) < 4.78 is 13.4. The minimum Gasteiger partial charge on any atom is -0.326 e. The van der Waals surface area contributed by atoms with E-state index in [9.17, 15) is 4.39 Å². The molecule has 3 heteroatoms. The second-order valence-electron chi connectivity index (χ2n) is 5.41. The Hall–Kier alpha value is -0.930. The lowest BCUT2D eigenvalue weighted by molar-refractivity contribution is 0.189. The van der Waals surface area contributed by atoms with Gasteiger partial charge in [0.25, 0.3) is 0 Å². The molecule has 0 aliphatic rings. The van der Waals surface area contributed by atoms with Crippen molar-refractivity contribution in [2.75, 3.05) is 13.6 Å². The van der Waals surface area contributed by atoms with Crippen molar-refractivity contribution in [2.45, 2.75) is 39.3 Å². The fourth-order valence-electron chi connectivity index (χ4n) is 2.43. The molecule has 102 valence electrons. The number of likely N-dealkylation sites (N-methyl/N-ethyl adjacent to an activating group) is 1. The molecule has 0 aliphatic heterocycles. The van der Waals surface area contributed by atoms with Crippen molar-refractivity contribution in [2.24, 2.45) is 11.7 Å². The Labute approximate surface area is 110 Å². The molecule has 2 N–H and O–H groups in total. The van der Waals surface area contributed by atoms with E-state index in [-0.39, 0.29) is 17.9 Å². The largest absolute Gasteiger partial charge is 0.326 e. The fraction of sp³-hybridized carbons (Fsp3) is 0.600. The Balaban J connectivity index is 2.97. The SMILES string of the molecule is CCC(N)C(c1cccc(F)c1)N(C)CC(C)C. The van der Waals surface area contributed by atoms with Crippen LogP contribution in [0.4, 0.5) is 4.39 Å². The van der Waals surface area contributed by atoms with Crippen LogP contribution in [0.1, 0.15) is 38.8 Å². The van der Waals surface area contributed by atoms with Gasteiger partial charge < -0.3 is 5.73 Å². The molecule has 0 amide bonds. The summed E-state index contributed by atoms with van der Waals surface area (Å²) in [5.41, 5.74) is 7.18. The van der Waals surface area contributed by atoms with Crippen molar-refractivity contribution in [3.63, 3.8) is 0 Å². The third-order valence-electron chi connectivity index (χ3n) is 3.20. The maximum Gasteiger partial charge on any atom is 0.123 e. The van der Waals surface area contributed by atoms with Crippen molar-refractivity contribution in [1.29, 1.82) is 0 Å². The van der Waals surface area contributed by atoms with E-state index in [0.29, 0.717) is 5.92 Å². The lowest BCUT2D eigenvalue weighted by atomic mass is 9.96. The van der Waals surface area contributed by atoms with E-state index in [0.717, 1.165) is 18.5 Å². The summed E-state index contributed by atoms with van der Waals surface area (Å²) in [6, 6.07) is 6.88. The predicted octanol–water partition coefficient (Wildman–Crippen LogP) is 3.19. The molecule has 2 nitrogen and oxygen atoms in total. The molecule has 2 atom stereocenters. The van der Waals surface area contributed by atoms with Crippen molar-refractivity contribution in [3.8, 4) is 0 Å². The van der Waals surface area contributed by atoms with Gasteiger partial charge in [0.15, 0.2) is 0 Å². The zero-order valence-corrected chi connectivity index (χ0v) is 11.9. The average Bonchev–Trinajstić information content (AvgIpc) is 2.28. The van der Waals surface area contributed by atoms with Crippen LogP contribution in [0.2, 0.25) is 0 Å². The summed E-state index contributed by atoms with van der Waals surface area (Å²) in [4.78, 5) is 2.23. The molecule has 0 aromatic heterocycles. The van der Waals surface area contributed by atoms with E-state index >= 15 is 0 Å². The summed E-state index contributed by atoms with van der Waals surface area (Å²) >= 11 is 0. The van der Waals surface area contributed by atoms with Gasteiger partial charge in [0.05, 0.1) is 0 Å². The van der Waals surface area contributed by atoms with Crippen LogP contribution in [0.15, 0.2) is 24.3 Å². The van der Waals surface area contributed by atoms with E-state index in [4.69, 9.17) is 5.73 Å². The normalized spacial score (nSPS) is 15.1. The molecule has 1 aromatic rings. The fourth-order valence-corrected chi connectivity index (χ4v) is 2.43. The van der Waals surface area contributed by atoms with Crippen LogP contribution in [0, 0.1) is 11.7 Å². The van der Waals surface area contributed by atoms with Crippen molar-refractivity contribution < 1.29 is 4.39 Å². The van der Waals surface area contributed by atoms with Gasteiger partial charge in [-0.15, -0.1) is 0 Å². The standard InChI is InChI=1S/C15H25FN2/c1-5-14(17)15(18(4)10-11(2)3)12-7-6-8-13(16)9-12/h6-9,11,14-15H,5,10,17H2,1-4H3. The zero-order valence-electron chi connectivity index (χ0n) is 11.9. The third-order valence-corrected chi connectivity index (χ3v) is 3.20. The van der Waals surface area contributed by atoms with Gasteiger partial charge in [0.2, 0.25) is 0 Å². The van der Waals surface area contributed by atoms with E-state index in [1.165, 1.54) is 6.07 Å². The molecule has 18 heavy (non-hydrogen) atoms. The number of hydrogen-bond acceptors (Lipinski definition) is 2. The van der Waals surface area contributed by atoms with E-state index < -0.39 is 0 Å². The van der Waals surface area contributed by atoms with E-state index in [2.05, 4.69) is 32.7 Å². The van der Waals surface area contributed by atoms with Gasteiger partial charge in [0.1, 0.15) is 5.82 Å².